The van der Waals surface area contributed by atoms with E-state index in [-0.39, 0.29) is 11.3 Å². The van der Waals surface area contributed by atoms with Crippen LogP contribution in [0.5, 0.6) is 0 Å². The summed E-state index contributed by atoms with van der Waals surface area (Å²) in [6.07, 6.45) is 1.59. The molecule has 148 valence electrons. The fourth-order valence-electron chi connectivity index (χ4n) is 2.94. The SMILES string of the molecule is O=C(Nc1ccc(F)cc1)c1cn(-c2ccccc2)nc1-c1ccc([N+](=O)[O-])cc1. The molecule has 0 fully saturated rings. The molecule has 0 atom stereocenters. The van der Waals surface area contributed by atoms with Gasteiger partial charge >= 0.3 is 0 Å². The van der Waals surface area contributed by atoms with Crippen molar-refractivity contribution in [3.8, 4) is 16.9 Å². The number of nitrogens with one attached hydrogen (secondary N) is 1. The first-order valence-electron chi connectivity index (χ1n) is 8.98. The molecule has 0 aliphatic rings. The van der Waals surface area contributed by atoms with Crippen molar-refractivity contribution in [2.45, 2.75) is 0 Å². The van der Waals surface area contributed by atoms with Crippen LogP contribution in [0.15, 0.2) is 85.1 Å². The van der Waals surface area contributed by atoms with Gasteiger partial charge in [0.15, 0.2) is 0 Å². The molecule has 30 heavy (non-hydrogen) atoms. The molecule has 1 N–H and O–H groups in total. The van der Waals surface area contributed by atoms with Crippen molar-refractivity contribution < 1.29 is 14.1 Å². The number of nitro benzene ring substituents is 1. The lowest BCUT2D eigenvalue weighted by Gasteiger charge is -2.05. The number of anilines is 1. The standard InChI is InChI=1S/C22H15FN4O3/c23-16-8-10-17(11-9-16)24-22(28)20-14-26(18-4-2-1-3-5-18)25-21(20)15-6-12-19(13-7-15)27(29)30/h1-14H,(H,24,28). The molecule has 0 unspecified atom stereocenters. The predicted octanol–water partition coefficient (Wildman–Crippen LogP) is 4.84. The van der Waals surface area contributed by atoms with E-state index in [1.165, 1.54) is 36.4 Å². The highest BCUT2D eigenvalue weighted by molar-refractivity contribution is 6.08. The summed E-state index contributed by atoms with van der Waals surface area (Å²) >= 11 is 0. The summed E-state index contributed by atoms with van der Waals surface area (Å²) in [6, 6.07) is 20.5. The zero-order valence-electron chi connectivity index (χ0n) is 15.5. The molecule has 4 rings (SSSR count). The first-order chi connectivity index (χ1) is 14.5. The van der Waals surface area contributed by atoms with Gasteiger partial charge in [0, 0.05) is 29.6 Å². The van der Waals surface area contributed by atoms with Gasteiger partial charge in [0.05, 0.1) is 16.2 Å². The highest BCUT2D eigenvalue weighted by Gasteiger charge is 2.19. The number of carbonyl (C=O) groups excluding carboxylic acids is 1. The molecule has 7 nitrogen and oxygen atoms in total. The topological polar surface area (TPSA) is 90.1 Å². The fraction of sp³-hybridized carbons (Fsp3) is 0. The Morgan fingerprint density at radius 2 is 1.63 bits per heavy atom. The third-order valence-corrected chi connectivity index (χ3v) is 4.43. The first-order valence-corrected chi connectivity index (χ1v) is 8.98. The van der Waals surface area contributed by atoms with E-state index in [1.54, 1.807) is 23.0 Å². The lowest BCUT2D eigenvalue weighted by Crippen LogP contribution is -2.12. The van der Waals surface area contributed by atoms with Gasteiger partial charge in [-0.25, -0.2) is 9.07 Å². The smallest absolute Gasteiger partial charge is 0.269 e. The Balaban J connectivity index is 1.75. The molecule has 0 radical (unpaired) electrons. The number of non-ortho nitro benzene ring substituents is 1. The highest BCUT2D eigenvalue weighted by atomic mass is 19.1. The molecule has 0 aliphatic heterocycles. The van der Waals surface area contributed by atoms with E-state index in [9.17, 15) is 19.3 Å². The van der Waals surface area contributed by atoms with Crippen molar-refractivity contribution in [1.82, 2.24) is 9.78 Å². The molecular weight excluding hydrogens is 387 g/mol. The molecule has 0 bridgehead atoms. The summed E-state index contributed by atoms with van der Waals surface area (Å²) in [6.45, 7) is 0. The maximum absolute atomic E-state index is 13.1. The second-order valence-electron chi connectivity index (χ2n) is 6.44. The third kappa shape index (κ3) is 3.93. The van der Waals surface area contributed by atoms with Gasteiger partial charge < -0.3 is 5.32 Å². The van der Waals surface area contributed by atoms with Gasteiger partial charge in [-0.1, -0.05) is 18.2 Å². The van der Waals surface area contributed by atoms with E-state index in [1.807, 2.05) is 30.3 Å². The summed E-state index contributed by atoms with van der Waals surface area (Å²) in [4.78, 5) is 23.4. The molecule has 1 amide bonds. The van der Waals surface area contributed by atoms with Crippen LogP contribution < -0.4 is 5.32 Å². The van der Waals surface area contributed by atoms with Crippen LogP contribution in [-0.2, 0) is 0 Å². The number of amides is 1. The second kappa shape index (κ2) is 7.96. The number of hydrogen-bond acceptors (Lipinski definition) is 4. The third-order valence-electron chi connectivity index (χ3n) is 4.43. The van der Waals surface area contributed by atoms with Crippen LogP contribution in [0.1, 0.15) is 10.4 Å². The lowest BCUT2D eigenvalue weighted by atomic mass is 10.1. The summed E-state index contributed by atoms with van der Waals surface area (Å²) in [5, 5.41) is 18.2. The number of nitro groups is 1. The van der Waals surface area contributed by atoms with Crippen LogP contribution in [-0.4, -0.2) is 20.6 Å². The van der Waals surface area contributed by atoms with Crippen molar-refractivity contribution in [3.05, 3.63) is 107 Å². The molecule has 0 saturated carbocycles. The van der Waals surface area contributed by atoms with Gasteiger partial charge in [-0.15, -0.1) is 0 Å². The first kappa shape index (κ1) is 19.0. The second-order valence-corrected chi connectivity index (χ2v) is 6.44. The molecule has 0 spiro atoms. The quantitative estimate of drug-likeness (QED) is 0.382. The van der Waals surface area contributed by atoms with Crippen LogP contribution in [0, 0.1) is 15.9 Å². The Bertz CT molecular complexity index is 1200. The van der Waals surface area contributed by atoms with Crippen LogP contribution >= 0.6 is 0 Å². The number of para-hydroxylation sites is 1. The monoisotopic (exact) mass is 402 g/mol. The number of nitrogens with zero attached hydrogens (tertiary/aromatic N) is 3. The number of halogens is 1. The summed E-state index contributed by atoms with van der Waals surface area (Å²) in [7, 11) is 0. The van der Waals surface area contributed by atoms with Crippen LogP contribution in [0.4, 0.5) is 15.8 Å². The minimum atomic E-state index is -0.492. The Labute approximate surface area is 170 Å². The van der Waals surface area contributed by atoms with Crippen LogP contribution in [0.2, 0.25) is 0 Å². The van der Waals surface area contributed by atoms with E-state index in [0.717, 1.165) is 5.69 Å². The Hall–Kier alpha value is -4.33. The molecule has 8 heteroatoms. The summed E-state index contributed by atoms with van der Waals surface area (Å²) in [5.74, 6) is -0.839. The van der Waals surface area contributed by atoms with Crippen molar-refractivity contribution in [1.29, 1.82) is 0 Å². The van der Waals surface area contributed by atoms with E-state index < -0.39 is 16.6 Å². The summed E-state index contributed by atoms with van der Waals surface area (Å²) < 4.78 is 14.7. The largest absolute Gasteiger partial charge is 0.322 e. The van der Waals surface area contributed by atoms with E-state index in [2.05, 4.69) is 10.4 Å². The van der Waals surface area contributed by atoms with Crippen molar-refractivity contribution in [2.75, 3.05) is 5.32 Å². The predicted molar refractivity (Wildman–Crippen MR) is 110 cm³/mol. The molecule has 1 aromatic heterocycles. The summed E-state index contributed by atoms with van der Waals surface area (Å²) in [5.41, 5.74) is 2.33. The van der Waals surface area contributed by atoms with Crippen molar-refractivity contribution >= 4 is 17.3 Å². The molecule has 3 aromatic carbocycles. The van der Waals surface area contributed by atoms with E-state index >= 15 is 0 Å². The molecular formula is C22H15FN4O3. The Morgan fingerprint density at radius 3 is 2.27 bits per heavy atom. The normalized spacial score (nSPS) is 10.6. The lowest BCUT2D eigenvalue weighted by molar-refractivity contribution is -0.384. The zero-order chi connectivity index (χ0) is 21.1. The number of carbonyl (C=O) groups is 1. The van der Waals surface area contributed by atoms with Gasteiger partial charge in [-0.3, -0.25) is 14.9 Å². The van der Waals surface area contributed by atoms with Gasteiger partial charge in [-0.05, 0) is 48.5 Å². The zero-order valence-corrected chi connectivity index (χ0v) is 15.5. The van der Waals surface area contributed by atoms with Gasteiger partial charge in [0.25, 0.3) is 11.6 Å². The Kier molecular flexibility index (Phi) is 5.04. The molecule has 1 heterocycles. The van der Waals surface area contributed by atoms with E-state index in [4.69, 9.17) is 0 Å². The number of benzene rings is 3. The average Bonchev–Trinajstić information content (AvgIpc) is 3.22. The van der Waals surface area contributed by atoms with Crippen molar-refractivity contribution in [3.63, 3.8) is 0 Å². The van der Waals surface area contributed by atoms with E-state index in [0.29, 0.717) is 16.9 Å². The molecule has 4 aromatic rings. The number of aromatic nitrogens is 2. The molecule has 0 aliphatic carbocycles. The van der Waals surface area contributed by atoms with Crippen LogP contribution in [0.3, 0.4) is 0 Å². The maximum Gasteiger partial charge on any atom is 0.269 e. The minimum absolute atomic E-state index is 0.0569. The van der Waals surface area contributed by atoms with Gasteiger partial charge in [0.1, 0.15) is 11.5 Å². The fourth-order valence-corrected chi connectivity index (χ4v) is 2.94. The molecule has 0 saturated heterocycles. The average molecular weight is 402 g/mol. The minimum Gasteiger partial charge on any atom is -0.322 e. The Morgan fingerprint density at radius 1 is 0.967 bits per heavy atom. The maximum atomic E-state index is 13.1. The number of rotatable bonds is 5. The van der Waals surface area contributed by atoms with Crippen LogP contribution in [0.25, 0.3) is 16.9 Å². The highest BCUT2D eigenvalue weighted by Crippen LogP contribution is 2.26. The van der Waals surface area contributed by atoms with Gasteiger partial charge in [-0.2, -0.15) is 5.10 Å². The van der Waals surface area contributed by atoms with Gasteiger partial charge in [0.2, 0.25) is 0 Å². The number of hydrogen-bond donors (Lipinski definition) is 1. The van der Waals surface area contributed by atoms with Crippen molar-refractivity contribution in [2.24, 2.45) is 0 Å².